The molecule has 0 saturated carbocycles. The second kappa shape index (κ2) is 10.6. The number of fused-ring (bicyclic) bond motifs is 1. The highest BCUT2D eigenvalue weighted by Crippen LogP contribution is 2.29. The summed E-state index contributed by atoms with van der Waals surface area (Å²) in [6, 6.07) is 14.6. The maximum atomic E-state index is 13.3. The molecule has 158 valence electrons. The molecule has 1 heterocycles. The Morgan fingerprint density at radius 1 is 0.967 bits per heavy atom. The Bertz CT molecular complexity index is 988. The van der Waals surface area contributed by atoms with Crippen molar-refractivity contribution in [3.05, 3.63) is 65.4 Å². The van der Waals surface area contributed by atoms with Crippen molar-refractivity contribution < 1.29 is 18.7 Å². The summed E-state index contributed by atoms with van der Waals surface area (Å²) < 4.78 is 11.5. The third-order valence-electron chi connectivity index (χ3n) is 4.99. The fourth-order valence-electron chi connectivity index (χ4n) is 3.31. The number of hydrogen-bond acceptors (Lipinski definition) is 4. The molecule has 3 rings (SSSR count). The summed E-state index contributed by atoms with van der Waals surface area (Å²) in [6.45, 7) is 4.81. The predicted octanol–water partition coefficient (Wildman–Crippen LogP) is 5.30. The first-order chi connectivity index (χ1) is 14.6. The number of hydrogen-bond donors (Lipinski definition) is 1. The summed E-state index contributed by atoms with van der Waals surface area (Å²) in [4.78, 5) is 25.0. The van der Waals surface area contributed by atoms with Gasteiger partial charge in [0.1, 0.15) is 17.1 Å². The van der Waals surface area contributed by atoms with Crippen LogP contribution in [0.25, 0.3) is 11.0 Å². The Kier molecular flexibility index (Phi) is 7.66. The van der Waals surface area contributed by atoms with E-state index in [2.05, 4.69) is 19.2 Å². The van der Waals surface area contributed by atoms with E-state index in [1.165, 1.54) is 0 Å². The maximum Gasteiger partial charge on any atom is 0.257 e. The molecule has 5 heteroatoms. The highest BCUT2D eigenvalue weighted by molar-refractivity contribution is 6.16. The average Bonchev–Trinajstić information content (AvgIpc) is 3.14. The number of nitrogens with one attached hydrogen (secondary N) is 1. The van der Waals surface area contributed by atoms with Gasteiger partial charge < -0.3 is 14.5 Å². The van der Waals surface area contributed by atoms with Crippen LogP contribution in [-0.2, 0) is 11.2 Å². The van der Waals surface area contributed by atoms with Gasteiger partial charge in [-0.25, -0.2) is 0 Å². The number of rotatable bonds is 11. The van der Waals surface area contributed by atoms with Crippen molar-refractivity contribution in [1.29, 1.82) is 0 Å². The second-order valence-corrected chi connectivity index (χ2v) is 7.35. The standard InChI is InChI=1S/C25H29NO4/c1-3-5-10-22-24(20-9-7-8-11-21(20)30-22)25(28)18-12-14-19(15-13-18)29-17-23(27)26-16-6-4-2/h7-9,11-15H,3-6,10,16-17H2,1-2H3,(H,26,27). The summed E-state index contributed by atoms with van der Waals surface area (Å²) in [5, 5.41) is 3.66. The first-order valence-electron chi connectivity index (χ1n) is 10.7. The predicted molar refractivity (Wildman–Crippen MR) is 118 cm³/mol. The second-order valence-electron chi connectivity index (χ2n) is 7.35. The van der Waals surface area contributed by atoms with Gasteiger partial charge in [-0.15, -0.1) is 0 Å². The number of ether oxygens (including phenoxy) is 1. The van der Waals surface area contributed by atoms with E-state index in [1.54, 1.807) is 24.3 Å². The summed E-state index contributed by atoms with van der Waals surface area (Å²) in [6.07, 6.45) is 4.71. The van der Waals surface area contributed by atoms with E-state index >= 15 is 0 Å². The van der Waals surface area contributed by atoms with Crippen molar-refractivity contribution in [3.63, 3.8) is 0 Å². The number of benzene rings is 2. The fourth-order valence-corrected chi connectivity index (χ4v) is 3.31. The number of aryl methyl sites for hydroxylation is 1. The molecule has 0 aliphatic rings. The van der Waals surface area contributed by atoms with Gasteiger partial charge >= 0.3 is 0 Å². The normalized spacial score (nSPS) is 10.9. The zero-order valence-electron chi connectivity index (χ0n) is 17.7. The van der Waals surface area contributed by atoms with E-state index in [4.69, 9.17) is 9.15 Å². The summed E-state index contributed by atoms with van der Waals surface area (Å²) in [5.74, 6) is 1.09. The number of amides is 1. The zero-order valence-corrected chi connectivity index (χ0v) is 17.7. The molecule has 0 aliphatic carbocycles. The summed E-state index contributed by atoms with van der Waals surface area (Å²) in [7, 11) is 0. The first kappa shape index (κ1) is 21.6. The van der Waals surface area contributed by atoms with E-state index in [9.17, 15) is 9.59 Å². The van der Waals surface area contributed by atoms with Crippen molar-refractivity contribution in [2.75, 3.05) is 13.2 Å². The molecule has 30 heavy (non-hydrogen) atoms. The molecule has 0 unspecified atom stereocenters. The van der Waals surface area contributed by atoms with Gasteiger partial charge in [0.25, 0.3) is 5.91 Å². The fraction of sp³-hybridized carbons (Fsp3) is 0.360. The molecule has 0 aliphatic heterocycles. The molecule has 3 aromatic rings. The molecular formula is C25H29NO4. The van der Waals surface area contributed by atoms with Crippen LogP contribution in [0.3, 0.4) is 0 Å². The molecule has 5 nitrogen and oxygen atoms in total. The minimum absolute atomic E-state index is 0.0372. The number of carbonyl (C=O) groups is 2. The average molecular weight is 408 g/mol. The molecule has 0 fully saturated rings. The van der Waals surface area contributed by atoms with Gasteiger partial charge in [0.05, 0.1) is 5.56 Å². The molecule has 2 aromatic carbocycles. The largest absolute Gasteiger partial charge is 0.484 e. The summed E-state index contributed by atoms with van der Waals surface area (Å²) in [5.41, 5.74) is 1.95. The topological polar surface area (TPSA) is 68.5 Å². The summed E-state index contributed by atoms with van der Waals surface area (Å²) >= 11 is 0. The Morgan fingerprint density at radius 3 is 2.43 bits per heavy atom. The van der Waals surface area contributed by atoms with Crippen LogP contribution in [0.5, 0.6) is 5.75 Å². The Morgan fingerprint density at radius 2 is 1.70 bits per heavy atom. The quantitative estimate of drug-likeness (QED) is 0.346. The third kappa shape index (κ3) is 5.29. The van der Waals surface area contributed by atoms with Crippen LogP contribution >= 0.6 is 0 Å². The minimum atomic E-state index is -0.144. The van der Waals surface area contributed by atoms with Gasteiger partial charge in [0.15, 0.2) is 12.4 Å². The van der Waals surface area contributed by atoms with Gasteiger partial charge in [0.2, 0.25) is 0 Å². The lowest BCUT2D eigenvalue weighted by molar-refractivity contribution is -0.123. The number of unbranched alkanes of at least 4 members (excludes halogenated alkanes) is 2. The van der Waals surface area contributed by atoms with Crippen molar-refractivity contribution >= 4 is 22.7 Å². The molecule has 0 saturated heterocycles. The maximum absolute atomic E-state index is 13.3. The van der Waals surface area contributed by atoms with Crippen molar-refractivity contribution in [2.24, 2.45) is 0 Å². The third-order valence-corrected chi connectivity index (χ3v) is 4.99. The molecule has 0 atom stereocenters. The lowest BCUT2D eigenvalue weighted by Crippen LogP contribution is -2.29. The minimum Gasteiger partial charge on any atom is -0.484 e. The highest BCUT2D eigenvalue weighted by atomic mass is 16.5. The Hall–Kier alpha value is -3.08. The van der Waals surface area contributed by atoms with Gasteiger partial charge in [-0.3, -0.25) is 9.59 Å². The van der Waals surface area contributed by atoms with Gasteiger partial charge in [0, 0.05) is 23.9 Å². The molecule has 0 radical (unpaired) electrons. The van der Waals surface area contributed by atoms with Crippen molar-refractivity contribution in [1.82, 2.24) is 5.32 Å². The van der Waals surface area contributed by atoms with Gasteiger partial charge in [-0.05, 0) is 43.2 Å². The first-order valence-corrected chi connectivity index (χ1v) is 10.7. The Labute approximate surface area is 177 Å². The van der Waals surface area contributed by atoms with Crippen LogP contribution in [0, 0.1) is 0 Å². The van der Waals surface area contributed by atoms with E-state index in [-0.39, 0.29) is 18.3 Å². The highest BCUT2D eigenvalue weighted by Gasteiger charge is 2.21. The number of carbonyl (C=O) groups excluding carboxylic acids is 2. The van der Waals surface area contributed by atoms with E-state index in [0.717, 1.165) is 48.8 Å². The number of para-hydroxylation sites is 1. The van der Waals surface area contributed by atoms with Gasteiger partial charge in [-0.1, -0.05) is 44.9 Å². The molecule has 1 amide bonds. The van der Waals surface area contributed by atoms with Crippen LogP contribution in [0.15, 0.2) is 52.9 Å². The van der Waals surface area contributed by atoms with Crippen LogP contribution in [0.1, 0.15) is 61.2 Å². The molecule has 1 N–H and O–H groups in total. The number of ketones is 1. The van der Waals surface area contributed by atoms with Crippen LogP contribution < -0.4 is 10.1 Å². The van der Waals surface area contributed by atoms with Crippen molar-refractivity contribution in [2.45, 2.75) is 46.0 Å². The lowest BCUT2D eigenvalue weighted by Gasteiger charge is -2.08. The number of furan rings is 1. The smallest absolute Gasteiger partial charge is 0.257 e. The lowest BCUT2D eigenvalue weighted by atomic mass is 9.98. The molecule has 0 spiro atoms. The Balaban J connectivity index is 1.72. The zero-order chi connectivity index (χ0) is 21.3. The van der Waals surface area contributed by atoms with Crippen LogP contribution in [0.4, 0.5) is 0 Å². The SMILES string of the molecule is CCCCNC(=O)COc1ccc(C(=O)c2c(CCCC)oc3ccccc23)cc1. The van der Waals surface area contributed by atoms with E-state index < -0.39 is 0 Å². The van der Waals surface area contributed by atoms with Crippen LogP contribution in [-0.4, -0.2) is 24.8 Å². The molecule has 1 aromatic heterocycles. The van der Waals surface area contributed by atoms with Gasteiger partial charge in [-0.2, -0.15) is 0 Å². The monoisotopic (exact) mass is 407 g/mol. The van der Waals surface area contributed by atoms with Crippen molar-refractivity contribution in [3.8, 4) is 5.75 Å². The van der Waals surface area contributed by atoms with E-state index in [1.807, 2.05) is 24.3 Å². The van der Waals surface area contributed by atoms with E-state index in [0.29, 0.717) is 23.4 Å². The molecular weight excluding hydrogens is 378 g/mol. The molecule has 0 bridgehead atoms. The van der Waals surface area contributed by atoms with Crippen LogP contribution in [0.2, 0.25) is 0 Å².